The molecule has 1 heterocycles. The molecule has 1 aliphatic rings. The first-order valence-corrected chi connectivity index (χ1v) is 7.84. The highest BCUT2D eigenvalue weighted by molar-refractivity contribution is 7.89. The third-order valence-corrected chi connectivity index (χ3v) is 4.01. The van der Waals surface area contributed by atoms with Crippen LogP contribution >= 0.6 is 0 Å². The summed E-state index contributed by atoms with van der Waals surface area (Å²) in [4.78, 5) is 13.0. The van der Waals surface area contributed by atoms with Crippen LogP contribution < -0.4 is 15.4 Å². The van der Waals surface area contributed by atoms with Crippen molar-refractivity contribution in [2.24, 2.45) is 5.14 Å². The van der Waals surface area contributed by atoms with Crippen molar-refractivity contribution >= 4 is 21.6 Å². The Kier molecular flexibility index (Phi) is 4.71. The first-order chi connectivity index (χ1) is 9.45. The summed E-state index contributed by atoms with van der Waals surface area (Å²) >= 11 is 0. The molecule has 4 N–H and O–H groups in total. The van der Waals surface area contributed by atoms with Crippen LogP contribution in [0.25, 0.3) is 0 Å². The van der Waals surface area contributed by atoms with E-state index in [1.54, 1.807) is 0 Å². The lowest BCUT2D eigenvalue weighted by molar-refractivity contribution is -0.899. The summed E-state index contributed by atoms with van der Waals surface area (Å²) < 4.78 is 27.4. The fourth-order valence-electron chi connectivity index (χ4n) is 2.00. The van der Waals surface area contributed by atoms with Crippen LogP contribution in [-0.4, -0.2) is 47.2 Å². The van der Waals surface area contributed by atoms with E-state index in [1.165, 1.54) is 29.2 Å². The third kappa shape index (κ3) is 4.27. The number of benzene rings is 1. The molecule has 1 aromatic carbocycles. The maximum Gasteiger partial charge on any atom is 0.279 e. The summed E-state index contributed by atoms with van der Waals surface area (Å²) in [6.45, 7) is 3.35. The standard InChI is InChI=1S/C12H17N3O4S/c13-20(17,18)11-3-1-10(2-4-11)14-12(16)9-15-5-7-19-8-6-15/h1-4H,5-9H2,(H,14,16)(H2,13,17,18)/p+1. The molecule has 0 radical (unpaired) electrons. The first-order valence-electron chi connectivity index (χ1n) is 6.29. The monoisotopic (exact) mass is 300 g/mol. The highest BCUT2D eigenvalue weighted by atomic mass is 32.2. The van der Waals surface area contributed by atoms with E-state index in [2.05, 4.69) is 5.32 Å². The zero-order valence-electron chi connectivity index (χ0n) is 11.0. The van der Waals surface area contributed by atoms with Crippen molar-refractivity contribution in [2.75, 3.05) is 38.2 Å². The number of carbonyl (C=O) groups is 1. The molecule has 0 saturated carbocycles. The largest absolute Gasteiger partial charge is 0.370 e. The van der Waals surface area contributed by atoms with Gasteiger partial charge in [-0.1, -0.05) is 0 Å². The second-order valence-electron chi connectivity index (χ2n) is 4.66. The van der Waals surface area contributed by atoms with E-state index in [1.807, 2.05) is 0 Å². The minimum atomic E-state index is -3.70. The number of sulfonamides is 1. The number of carbonyl (C=O) groups excluding carboxylic acids is 1. The number of ether oxygens (including phenoxy) is 1. The van der Waals surface area contributed by atoms with Crippen molar-refractivity contribution in [1.82, 2.24) is 0 Å². The lowest BCUT2D eigenvalue weighted by Crippen LogP contribution is -3.15. The molecule has 1 aliphatic heterocycles. The fraction of sp³-hybridized carbons (Fsp3) is 0.417. The lowest BCUT2D eigenvalue weighted by atomic mass is 10.3. The van der Waals surface area contributed by atoms with Gasteiger partial charge in [0, 0.05) is 5.69 Å². The lowest BCUT2D eigenvalue weighted by Gasteiger charge is -2.23. The Bertz CT molecular complexity index is 565. The van der Waals surface area contributed by atoms with Crippen molar-refractivity contribution in [1.29, 1.82) is 0 Å². The summed E-state index contributed by atoms with van der Waals surface area (Å²) in [5.74, 6) is -0.106. The molecule has 1 fully saturated rings. The molecule has 1 saturated heterocycles. The summed E-state index contributed by atoms with van der Waals surface area (Å²) in [6, 6.07) is 5.78. The van der Waals surface area contributed by atoms with Gasteiger partial charge in [0.2, 0.25) is 10.0 Å². The molecular formula is C12H18N3O4S+. The maximum absolute atomic E-state index is 11.8. The molecule has 0 aliphatic carbocycles. The van der Waals surface area contributed by atoms with Crippen molar-refractivity contribution in [3.05, 3.63) is 24.3 Å². The number of morpholine rings is 1. The van der Waals surface area contributed by atoms with Gasteiger partial charge in [-0.15, -0.1) is 0 Å². The normalized spacial score (nSPS) is 16.9. The molecule has 110 valence electrons. The minimum absolute atomic E-state index is 0.0225. The molecule has 7 nitrogen and oxygen atoms in total. The Morgan fingerprint density at radius 2 is 1.85 bits per heavy atom. The molecule has 0 unspecified atom stereocenters. The van der Waals surface area contributed by atoms with Crippen molar-refractivity contribution in [2.45, 2.75) is 4.90 Å². The first kappa shape index (κ1) is 14.9. The fourth-order valence-corrected chi connectivity index (χ4v) is 2.51. The number of nitrogens with one attached hydrogen (secondary N) is 2. The van der Waals surface area contributed by atoms with Crippen LogP contribution in [0.1, 0.15) is 0 Å². The number of hydrogen-bond acceptors (Lipinski definition) is 4. The Hall–Kier alpha value is -1.48. The number of nitrogens with two attached hydrogens (primary N) is 1. The Labute approximate surface area is 117 Å². The highest BCUT2D eigenvalue weighted by Crippen LogP contribution is 2.12. The topological polar surface area (TPSA) is 103 Å². The van der Waals surface area contributed by atoms with E-state index in [9.17, 15) is 13.2 Å². The van der Waals surface area contributed by atoms with E-state index >= 15 is 0 Å². The van der Waals surface area contributed by atoms with Gasteiger partial charge in [-0.2, -0.15) is 0 Å². The zero-order chi connectivity index (χ0) is 14.6. The van der Waals surface area contributed by atoms with Gasteiger partial charge in [-0.3, -0.25) is 4.79 Å². The maximum atomic E-state index is 11.8. The highest BCUT2D eigenvalue weighted by Gasteiger charge is 2.17. The molecular weight excluding hydrogens is 282 g/mol. The van der Waals surface area contributed by atoms with E-state index in [0.29, 0.717) is 25.4 Å². The van der Waals surface area contributed by atoms with Crippen LogP contribution in [-0.2, 0) is 19.6 Å². The summed E-state index contributed by atoms with van der Waals surface area (Å²) in [5, 5.41) is 7.73. The quantitative estimate of drug-likeness (QED) is 0.609. The molecule has 2 rings (SSSR count). The van der Waals surface area contributed by atoms with Crippen molar-refractivity contribution in [3.63, 3.8) is 0 Å². The minimum Gasteiger partial charge on any atom is -0.370 e. The van der Waals surface area contributed by atoms with Gasteiger partial charge in [0.05, 0.1) is 18.1 Å². The van der Waals surface area contributed by atoms with Gasteiger partial charge >= 0.3 is 0 Å². The number of rotatable bonds is 4. The molecule has 20 heavy (non-hydrogen) atoms. The average Bonchev–Trinajstić information content (AvgIpc) is 2.39. The number of hydrogen-bond donors (Lipinski definition) is 3. The van der Waals surface area contributed by atoms with Gasteiger partial charge in [0.15, 0.2) is 6.54 Å². The predicted molar refractivity (Wildman–Crippen MR) is 72.8 cm³/mol. The van der Waals surface area contributed by atoms with Crippen LogP contribution in [0.15, 0.2) is 29.2 Å². The number of anilines is 1. The predicted octanol–water partition coefficient (Wildman–Crippen LogP) is -1.81. The van der Waals surface area contributed by atoms with Crippen LogP contribution in [0.2, 0.25) is 0 Å². The zero-order valence-corrected chi connectivity index (χ0v) is 11.8. The Morgan fingerprint density at radius 3 is 2.40 bits per heavy atom. The van der Waals surface area contributed by atoms with Crippen LogP contribution in [0.3, 0.4) is 0 Å². The molecule has 1 aromatic rings. The third-order valence-electron chi connectivity index (χ3n) is 3.08. The molecule has 0 spiro atoms. The van der Waals surface area contributed by atoms with Gasteiger partial charge in [-0.05, 0) is 24.3 Å². The molecule has 0 aromatic heterocycles. The van der Waals surface area contributed by atoms with Gasteiger partial charge in [-0.25, -0.2) is 13.6 Å². The van der Waals surface area contributed by atoms with E-state index < -0.39 is 10.0 Å². The van der Waals surface area contributed by atoms with Gasteiger partial charge in [0.25, 0.3) is 5.91 Å². The van der Waals surface area contributed by atoms with Gasteiger partial charge < -0.3 is 15.0 Å². The molecule has 0 atom stereocenters. The Balaban J connectivity index is 1.91. The molecule has 8 heteroatoms. The Morgan fingerprint density at radius 1 is 1.25 bits per heavy atom. The summed E-state index contributed by atoms with van der Waals surface area (Å²) in [7, 11) is -3.70. The number of primary sulfonamides is 1. The van der Waals surface area contributed by atoms with Gasteiger partial charge in [0.1, 0.15) is 13.1 Å². The van der Waals surface area contributed by atoms with E-state index in [0.717, 1.165) is 13.1 Å². The van der Waals surface area contributed by atoms with Crippen LogP contribution in [0, 0.1) is 0 Å². The molecule has 1 amide bonds. The van der Waals surface area contributed by atoms with Crippen LogP contribution in [0.4, 0.5) is 5.69 Å². The van der Waals surface area contributed by atoms with Crippen molar-refractivity contribution in [3.8, 4) is 0 Å². The second-order valence-corrected chi connectivity index (χ2v) is 6.22. The summed E-state index contributed by atoms with van der Waals surface area (Å²) in [5.41, 5.74) is 0.551. The SMILES string of the molecule is NS(=O)(=O)c1ccc(NC(=O)C[NH+]2CCOCC2)cc1. The molecule has 0 bridgehead atoms. The number of quaternary nitrogens is 1. The second kappa shape index (κ2) is 6.31. The van der Waals surface area contributed by atoms with E-state index in [4.69, 9.17) is 9.88 Å². The van der Waals surface area contributed by atoms with Crippen molar-refractivity contribution < 1.29 is 22.8 Å². The number of amides is 1. The smallest absolute Gasteiger partial charge is 0.279 e. The average molecular weight is 300 g/mol. The summed E-state index contributed by atoms with van der Waals surface area (Å²) in [6.07, 6.45) is 0. The van der Waals surface area contributed by atoms with E-state index in [-0.39, 0.29) is 10.8 Å². The van der Waals surface area contributed by atoms with Crippen LogP contribution in [0.5, 0.6) is 0 Å².